The van der Waals surface area contributed by atoms with Crippen LogP contribution in [0.3, 0.4) is 0 Å². The van der Waals surface area contributed by atoms with Gasteiger partial charge in [0.15, 0.2) is 0 Å². The quantitative estimate of drug-likeness (QED) is 0.699. The van der Waals surface area contributed by atoms with Gasteiger partial charge in [-0.1, -0.05) is 39.8 Å². The summed E-state index contributed by atoms with van der Waals surface area (Å²) in [5.41, 5.74) is 1.78. The van der Waals surface area contributed by atoms with Crippen molar-refractivity contribution in [3.8, 4) is 0 Å². The number of carbonyl (C=O) groups is 2. The number of para-hydroxylation sites is 2. The third kappa shape index (κ3) is 5.37. The smallest absolute Gasteiger partial charge is 0.242 e. The molecule has 1 aromatic heterocycles. The Labute approximate surface area is 173 Å². The van der Waals surface area contributed by atoms with Crippen LogP contribution in [0.1, 0.15) is 59.3 Å². The molecule has 6 nitrogen and oxygen atoms in total. The largest absolute Gasteiger partial charge is 0.346 e. The highest BCUT2D eigenvalue weighted by atomic mass is 16.2. The Bertz CT molecular complexity index is 857. The molecule has 0 aliphatic heterocycles. The van der Waals surface area contributed by atoms with Gasteiger partial charge >= 0.3 is 0 Å². The molecule has 2 aromatic rings. The lowest BCUT2D eigenvalue weighted by molar-refractivity contribution is -0.132. The number of nitrogens with zero attached hydrogens (tertiary/aromatic N) is 3. The molecule has 2 amide bonds. The Hall–Kier alpha value is -2.37. The van der Waals surface area contributed by atoms with Crippen molar-refractivity contribution in [1.82, 2.24) is 19.8 Å². The summed E-state index contributed by atoms with van der Waals surface area (Å²) in [6.45, 7) is 12.2. The molecule has 1 fully saturated rings. The molecule has 29 heavy (non-hydrogen) atoms. The Morgan fingerprint density at radius 3 is 2.31 bits per heavy atom. The van der Waals surface area contributed by atoms with E-state index in [9.17, 15) is 9.59 Å². The lowest BCUT2D eigenvalue weighted by atomic mass is 10.1. The van der Waals surface area contributed by atoms with Gasteiger partial charge in [-0.25, -0.2) is 4.98 Å². The average Bonchev–Trinajstić information content (AvgIpc) is 3.43. The van der Waals surface area contributed by atoms with Gasteiger partial charge in [-0.05, 0) is 43.7 Å². The lowest BCUT2D eigenvalue weighted by Gasteiger charge is -2.27. The van der Waals surface area contributed by atoms with Gasteiger partial charge in [-0.3, -0.25) is 9.59 Å². The predicted molar refractivity (Wildman–Crippen MR) is 115 cm³/mol. The maximum atomic E-state index is 13.2. The van der Waals surface area contributed by atoms with Crippen molar-refractivity contribution < 1.29 is 9.59 Å². The first-order chi connectivity index (χ1) is 13.8. The zero-order valence-corrected chi connectivity index (χ0v) is 18.3. The lowest BCUT2D eigenvalue weighted by Crippen LogP contribution is -2.39. The predicted octanol–water partition coefficient (Wildman–Crippen LogP) is 3.76. The fourth-order valence-corrected chi connectivity index (χ4v) is 3.73. The second kappa shape index (κ2) is 8.97. The second-order valence-corrected chi connectivity index (χ2v) is 9.14. The third-order valence-electron chi connectivity index (χ3n) is 5.20. The highest BCUT2D eigenvalue weighted by Crippen LogP contribution is 2.30. The van der Waals surface area contributed by atoms with E-state index in [1.807, 2.05) is 40.7 Å². The van der Waals surface area contributed by atoms with E-state index < -0.39 is 0 Å². The zero-order valence-electron chi connectivity index (χ0n) is 18.3. The number of aromatic nitrogens is 2. The Kier molecular flexibility index (Phi) is 6.60. The summed E-state index contributed by atoms with van der Waals surface area (Å²) in [6, 6.07) is 7.61. The van der Waals surface area contributed by atoms with Gasteiger partial charge in [0.1, 0.15) is 12.4 Å². The van der Waals surface area contributed by atoms with E-state index >= 15 is 0 Å². The van der Waals surface area contributed by atoms with Gasteiger partial charge < -0.3 is 14.8 Å². The number of hydrogen-bond acceptors (Lipinski definition) is 3. The summed E-state index contributed by atoms with van der Waals surface area (Å²) in [4.78, 5) is 32.2. The first kappa shape index (κ1) is 21.3. The molecule has 0 spiro atoms. The fourth-order valence-electron chi connectivity index (χ4n) is 3.73. The van der Waals surface area contributed by atoms with Crippen molar-refractivity contribution in [3.63, 3.8) is 0 Å². The van der Waals surface area contributed by atoms with Crippen LogP contribution in [0.4, 0.5) is 0 Å². The van der Waals surface area contributed by atoms with Crippen LogP contribution in [0.5, 0.6) is 0 Å². The Balaban J connectivity index is 1.87. The van der Waals surface area contributed by atoms with Gasteiger partial charge in [0.25, 0.3) is 0 Å². The van der Waals surface area contributed by atoms with Gasteiger partial charge in [0.05, 0.1) is 17.1 Å². The molecule has 1 unspecified atom stereocenters. The van der Waals surface area contributed by atoms with Crippen LogP contribution in [0.25, 0.3) is 11.0 Å². The zero-order chi connectivity index (χ0) is 21.1. The van der Waals surface area contributed by atoms with Gasteiger partial charge in [-0.2, -0.15) is 0 Å². The molecule has 158 valence electrons. The summed E-state index contributed by atoms with van der Waals surface area (Å²) >= 11 is 0. The molecule has 1 atom stereocenters. The topological polar surface area (TPSA) is 67.2 Å². The Morgan fingerprint density at radius 2 is 1.72 bits per heavy atom. The second-order valence-electron chi connectivity index (χ2n) is 9.14. The van der Waals surface area contributed by atoms with Crippen molar-refractivity contribution in [3.05, 3.63) is 30.1 Å². The maximum Gasteiger partial charge on any atom is 0.242 e. The van der Waals surface area contributed by atoms with Crippen molar-refractivity contribution in [2.24, 2.45) is 17.8 Å². The molecule has 3 rings (SSSR count). The van der Waals surface area contributed by atoms with E-state index in [0.29, 0.717) is 11.8 Å². The summed E-state index contributed by atoms with van der Waals surface area (Å²) in [5.74, 6) is 1.88. The fraction of sp³-hybridized carbons (Fsp3) is 0.609. The molecule has 1 aromatic carbocycles. The van der Waals surface area contributed by atoms with E-state index in [1.54, 1.807) is 0 Å². The van der Waals surface area contributed by atoms with Crippen LogP contribution in [-0.4, -0.2) is 39.4 Å². The monoisotopic (exact) mass is 398 g/mol. The van der Waals surface area contributed by atoms with E-state index in [2.05, 4.69) is 33.0 Å². The molecule has 1 aliphatic rings. The first-order valence-corrected chi connectivity index (χ1v) is 10.8. The number of nitrogens with one attached hydrogen (secondary N) is 1. The van der Waals surface area contributed by atoms with E-state index in [-0.39, 0.29) is 30.3 Å². The van der Waals surface area contributed by atoms with E-state index in [1.165, 1.54) is 0 Å². The standard InChI is InChI=1S/C23H34N4O2/c1-15(2)12-26(13-16(3)4)21(28)14-27-20-9-7-6-8-19(20)25-22(27)17(5)24-23(29)18-10-11-18/h6-9,15-18H,10-14H2,1-5H3,(H,24,29). The molecular formula is C23H34N4O2. The highest BCUT2D eigenvalue weighted by molar-refractivity contribution is 5.83. The summed E-state index contributed by atoms with van der Waals surface area (Å²) < 4.78 is 1.98. The van der Waals surface area contributed by atoms with Gasteiger partial charge in [0, 0.05) is 19.0 Å². The van der Waals surface area contributed by atoms with Crippen LogP contribution in [-0.2, 0) is 16.1 Å². The molecule has 1 heterocycles. The maximum absolute atomic E-state index is 13.2. The van der Waals surface area contributed by atoms with Crippen molar-refractivity contribution in [1.29, 1.82) is 0 Å². The SMILES string of the molecule is CC(C)CN(CC(C)C)C(=O)Cn1c(C(C)NC(=O)C2CC2)nc2ccccc21. The van der Waals surface area contributed by atoms with Crippen molar-refractivity contribution >= 4 is 22.8 Å². The molecule has 0 saturated heterocycles. The number of fused-ring (bicyclic) bond motifs is 1. The van der Waals surface area contributed by atoms with Crippen LogP contribution < -0.4 is 5.32 Å². The minimum absolute atomic E-state index is 0.0867. The van der Waals surface area contributed by atoms with Crippen LogP contribution >= 0.6 is 0 Å². The van der Waals surface area contributed by atoms with Gasteiger partial charge in [-0.15, -0.1) is 0 Å². The average molecular weight is 399 g/mol. The molecule has 1 N–H and O–H groups in total. The number of hydrogen-bond donors (Lipinski definition) is 1. The van der Waals surface area contributed by atoms with Crippen molar-refractivity contribution in [2.75, 3.05) is 13.1 Å². The molecule has 0 bridgehead atoms. The number of benzene rings is 1. The first-order valence-electron chi connectivity index (χ1n) is 10.8. The van der Waals surface area contributed by atoms with E-state index in [0.717, 1.165) is 42.8 Å². The minimum Gasteiger partial charge on any atom is -0.346 e. The molecule has 0 radical (unpaired) electrons. The Morgan fingerprint density at radius 1 is 1.10 bits per heavy atom. The van der Waals surface area contributed by atoms with Crippen molar-refractivity contribution in [2.45, 2.75) is 60.0 Å². The van der Waals surface area contributed by atoms with Crippen LogP contribution in [0.2, 0.25) is 0 Å². The summed E-state index contributed by atoms with van der Waals surface area (Å²) in [7, 11) is 0. The molecule has 1 aliphatic carbocycles. The normalized spacial score (nSPS) is 15.1. The number of carbonyl (C=O) groups excluding carboxylic acids is 2. The number of amides is 2. The third-order valence-corrected chi connectivity index (χ3v) is 5.20. The highest BCUT2D eigenvalue weighted by Gasteiger charge is 2.31. The molecule has 6 heteroatoms. The summed E-state index contributed by atoms with van der Waals surface area (Å²) in [5, 5.41) is 3.08. The summed E-state index contributed by atoms with van der Waals surface area (Å²) in [6.07, 6.45) is 1.93. The minimum atomic E-state index is -0.244. The molecular weight excluding hydrogens is 364 g/mol. The number of imidazole rings is 1. The van der Waals surface area contributed by atoms with Crippen LogP contribution in [0.15, 0.2) is 24.3 Å². The van der Waals surface area contributed by atoms with Gasteiger partial charge in [0.2, 0.25) is 11.8 Å². The molecule has 1 saturated carbocycles. The van der Waals surface area contributed by atoms with Crippen LogP contribution in [0, 0.1) is 17.8 Å². The van der Waals surface area contributed by atoms with E-state index in [4.69, 9.17) is 4.98 Å². The number of rotatable bonds is 9.